The number of primary amides is 1. The molecule has 0 heterocycles. The van der Waals surface area contributed by atoms with Gasteiger partial charge in [-0.05, 0) is 71.6 Å². The molecule has 0 fully saturated rings. The van der Waals surface area contributed by atoms with Gasteiger partial charge in [-0.3, -0.25) is 14.4 Å². The predicted molar refractivity (Wildman–Crippen MR) is 131 cm³/mol. The van der Waals surface area contributed by atoms with E-state index in [1.165, 1.54) is 4.90 Å². The molecule has 2 atom stereocenters. The van der Waals surface area contributed by atoms with Gasteiger partial charge < -0.3 is 26.0 Å². The van der Waals surface area contributed by atoms with E-state index in [0.717, 1.165) is 11.1 Å². The fourth-order valence-electron chi connectivity index (χ4n) is 3.43. The summed E-state index contributed by atoms with van der Waals surface area (Å²) in [5.41, 5.74) is 7.24. The van der Waals surface area contributed by atoms with E-state index in [-0.39, 0.29) is 18.5 Å². The Kier molecular flexibility index (Phi) is 10.5. The average molecular weight is 477 g/mol. The van der Waals surface area contributed by atoms with Crippen molar-refractivity contribution in [3.63, 3.8) is 0 Å². The summed E-state index contributed by atoms with van der Waals surface area (Å²) in [5.74, 6) is -1.70. The van der Waals surface area contributed by atoms with Crippen molar-refractivity contribution in [1.29, 1.82) is 0 Å². The molecule has 0 aromatic heterocycles. The summed E-state index contributed by atoms with van der Waals surface area (Å²) in [5, 5.41) is 5.35. The number of hydrogen-bond acceptors (Lipinski definition) is 5. The average Bonchev–Trinajstić information content (AvgIpc) is 2.66. The molecule has 2 unspecified atom stereocenters. The number of aryl methyl sites for hydroxylation is 2. The van der Waals surface area contributed by atoms with Crippen LogP contribution in [0.3, 0.4) is 0 Å². The van der Waals surface area contributed by atoms with Crippen LogP contribution in [0.4, 0.5) is 4.79 Å². The molecule has 34 heavy (non-hydrogen) atoms. The van der Waals surface area contributed by atoms with E-state index >= 15 is 0 Å². The lowest BCUT2D eigenvalue weighted by molar-refractivity contribution is -0.143. The Hall–Kier alpha value is -3.10. The van der Waals surface area contributed by atoms with Crippen LogP contribution in [0.25, 0.3) is 0 Å². The minimum Gasteiger partial charge on any atom is -0.444 e. The van der Waals surface area contributed by atoms with E-state index in [4.69, 9.17) is 10.5 Å². The second-order valence-corrected chi connectivity index (χ2v) is 9.81. The molecule has 0 bridgehead atoms. The highest BCUT2D eigenvalue weighted by Crippen LogP contribution is 2.25. The van der Waals surface area contributed by atoms with Crippen molar-refractivity contribution in [1.82, 2.24) is 15.5 Å². The Bertz CT molecular complexity index is 892. The quantitative estimate of drug-likeness (QED) is 0.478. The fourth-order valence-corrected chi connectivity index (χ4v) is 3.43. The Morgan fingerprint density at radius 3 is 2.15 bits per heavy atom. The summed E-state index contributed by atoms with van der Waals surface area (Å²) in [7, 11) is 0. The molecule has 0 aliphatic heterocycles. The van der Waals surface area contributed by atoms with Crippen molar-refractivity contribution in [2.24, 2.45) is 5.73 Å². The third kappa shape index (κ3) is 9.03. The Labute approximate surface area is 202 Å². The first-order chi connectivity index (χ1) is 15.7. The zero-order chi connectivity index (χ0) is 26.2. The first-order valence-electron chi connectivity index (χ1n) is 11.6. The highest BCUT2D eigenvalue weighted by Gasteiger charge is 2.36. The molecular weight excluding hydrogens is 436 g/mol. The van der Waals surface area contributed by atoms with Crippen LogP contribution >= 0.6 is 0 Å². The van der Waals surface area contributed by atoms with E-state index in [0.29, 0.717) is 12.0 Å². The standard InChI is InChI=1S/C25H40N4O5/c1-9-12-29(23(32)19(14-20(26)30)28-24(33)34-25(6,7)8)21(22(31)27-15(2)3)18-11-10-16(4)17(5)13-18/h10-11,13,15,19,21H,9,12,14H2,1-8H3,(H2,26,30)(H,27,31)(H,28,33). The van der Waals surface area contributed by atoms with Gasteiger partial charge in [0.1, 0.15) is 17.7 Å². The lowest BCUT2D eigenvalue weighted by Gasteiger charge is -2.34. The highest BCUT2D eigenvalue weighted by atomic mass is 16.6. The van der Waals surface area contributed by atoms with Crippen LogP contribution in [-0.4, -0.2) is 52.9 Å². The maximum atomic E-state index is 13.7. The number of ether oxygens (including phenoxy) is 1. The van der Waals surface area contributed by atoms with Crippen LogP contribution in [0.1, 0.15) is 77.1 Å². The zero-order valence-electron chi connectivity index (χ0n) is 21.7. The number of rotatable bonds is 10. The molecule has 9 heteroatoms. The van der Waals surface area contributed by atoms with Gasteiger partial charge in [0.05, 0.1) is 6.42 Å². The summed E-state index contributed by atoms with van der Waals surface area (Å²) in [6, 6.07) is 3.20. The highest BCUT2D eigenvalue weighted by molar-refractivity contribution is 5.94. The molecule has 0 aliphatic rings. The van der Waals surface area contributed by atoms with E-state index in [1.807, 2.05) is 52.8 Å². The molecule has 4 amide bonds. The van der Waals surface area contributed by atoms with Gasteiger partial charge in [-0.2, -0.15) is 0 Å². The van der Waals surface area contributed by atoms with Crippen LogP contribution in [0, 0.1) is 13.8 Å². The molecule has 9 nitrogen and oxygen atoms in total. The molecule has 1 rings (SSSR count). The first kappa shape index (κ1) is 28.9. The number of nitrogens with one attached hydrogen (secondary N) is 2. The van der Waals surface area contributed by atoms with Crippen molar-refractivity contribution in [3.05, 3.63) is 34.9 Å². The van der Waals surface area contributed by atoms with Crippen LogP contribution in [-0.2, 0) is 19.1 Å². The number of nitrogens with zero attached hydrogens (tertiary/aromatic N) is 1. The van der Waals surface area contributed by atoms with Crippen LogP contribution in [0.2, 0.25) is 0 Å². The molecule has 0 saturated heterocycles. The molecule has 0 aliphatic carbocycles. The van der Waals surface area contributed by atoms with E-state index in [9.17, 15) is 19.2 Å². The SMILES string of the molecule is CCCN(C(=O)C(CC(N)=O)NC(=O)OC(C)(C)C)C(C(=O)NC(C)C)c1ccc(C)c(C)c1. The number of nitrogens with two attached hydrogens (primary N) is 1. The number of hydrogen-bond donors (Lipinski definition) is 3. The van der Waals surface area contributed by atoms with Gasteiger partial charge in [-0.25, -0.2) is 4.79 Å². The number of amides is 4. The summed E-state index contributed by atoms with van der Waals surface area (Å²) in [6.07, 6.45) is -0.723. The smallest absolute Gasteiger partial charge is 0.408 e. The molecule has 1 aromatic rings. The van der Waals surface area contributed by atoms with Crippen LogP contribution < -0.4 is 16.4 Å². The molecular formula is C25H40N4O5. The summed E-state index contributed by atoms with van der Waals surface area (Å²) in [6.45, 7) is 14.7. The molecule has 0 spiro atoms. The maximum absolute atomic E-state index is 13.7. The van der Waals surface area contributed by atoms with Crippen LogP contribution in [0.15, 0.2) is 18.2 Å². The monoisotopic (exact) mass is 476 g/mol. The molecule has 4 N–H and O–H groups in total. The van der Waals surface area contributed by atoms with Crippen molar-refractivity contribution >= 4 is 23.8 Å². The Morgan fingerprint density at radius 1 is 1.06 bits per heavy atom. The van der Waals surface area contributed by atoms with E-state index < -0.39 is 42.0 Å². The van der Waals surface area contributed by atoms with Crippen molar-refractivity contribution in [2.45, 2.75) is 92.0 Å². The third-order valence-electron chi connectivity index (χ3n) is 4.98. The van der Waals surface area contributed by atoms with Gasteiger partial charge in [0.25, 0.3) is 0 Å². The molecule has 0 saturated carbocycles. The minimum absolute atomic E-state index is 0.151. The number of benzene rings is 1. The summed E-state index contributed by atoms with van der Waals surface area (Å²) >= 11 is 0. The topological polar surface area (TPSA) is 131 Å². The van der Waals surface area contributed by atoms with Crippen molar-refractivity contribution in [2.75, 3.05) is 6.54 Å². The van der Waals surface area contributed by atoms with E-state index in [1.54, 1.807) is 20.8 Å². The Morgan fingerprint density at radius 2 is 1.68 bits per heavy atom. The number of carbonyl (C=O) groups excluding carboxylic acids is 4. The first-order valence-corrected chi connectivity index (χ1v) is 11.6. The van der Waals surface area contributed by atoms with Gasteiger partial charge in [-0.1, -0.05) is 25.1 Å². The number of carbonyl (C=O) groups is 4. The molecule has 1 aromatic carbocycles. The summed E-state index contributed by atoms with van der Waals surface area (Å²) < 4.78 is 5.26. The molecule has 190 valence electrons. The maximum Gasteiger partial charge on any atom is 0.408 e. The second-order valence-electron chi connectivity index (χ2n) is 9.81. The number of alkyl carbamates (subject to hydrolysis) is 1. The van der Waals surface area contributed by atoms with E-state index in [2.05, 4.69) is 10.6 Å². The normalized spacial score (nSPS) is 13.1. The fraction of sp³-hybridized carbons (Fsp3) is 0.600. The van der Waals surface area contributed by atoms with Gasteiger partial charge in [-0.15, -0.1) is 0 Å². The van der Waals surface area contributed by atoms with Crippen LogP contribution in [0.5, 0.6) is 0 Å². The van der Waals surface area contributed by atoms with Gasteiger partial charge in [0.15, 0.2) is 0 Å². The zero-order valence-corrected chi connectivity index (χ0v) is 21.7. The largest absolute Gasteiger partial charge is 0.444 e. The summed E-state index contributed by atoms with van der Waals surface area (Å²) in [4.78, 5) is 52.6. The van der Waals surface area contributed by atoms with Gasteiger partial charge >= 0.3 is 6.09 Å². The third-order valence-corrected chi connectivity index (χ3v) is 4.98. The lowest BCUT2D eigenvalue weighted by atomic mass is 9.97. The lowest BCUT2D eigenvalue weighted by Crippen LogP contribution is -2.54. The Balaban J connectivity index is 3.47. The van der Waals surface area contributed by atoms with Crippen molar-refractivity contribution < 1.29 is 23.9 Å². The second kappa shape index (κ2) is 12.4. The van der Waals surface area contributed by atoms with Gasteiger partial charge in [0, 0.05) is 12.6 Å². The molecule has 0 radical (unpaired) electrons. The minimum atomic E-state index is -1.28. The predicted octanol–water partition coefficient (Wildman–Crippen LogP) is 2.88. The van der Waals surface area contributed by atoms with Crippen molar-refractivity contribution in [3.8, 4) is 0 Å². The van der Waals surface area contributed by atoms with Gasteiger partial charge in [0.2, 0.25) is 17.7 Å².